The molecule has 0 aliphatic carbocycles. The molecule has 0 aromatic heterocycles. The van der Waals surface area contributed by atoms with E-state index in [4.69, 9.17) is 0 Å². The van der Waals surface area contributed by atoms with E-state index in [1.165, 1.54) is 73.8 Å². The minimum Gasteiger partial charge on any atom is -0.207 e. The van der Waals surface area contributed by atoms with Crippen LogP contribution in [0.25, 0.3) is 11.1 Å². The van der Waals surface area contributed by atoms with Gasteiger partial charge in [0.15, 0.2) is 0 Å². The summed E-state index contributed by atoms with van der Waals surface area (Å²) < 4.78 is 42.3. The molecule has 1 fully saturated rings. The van der Waals surface area contributed by atoms with Crippen LogP contribution in [0.15, 0.2) is 36.4 Å². The zero-order chi connectivity index (χ0) is 18.5. The van der Waals surface area contributed by atoms with Gasteiger partial charge in [-0.1, -0.05) is 56.5 Å². The van der Waals surface area contributed by atoms with Crippen LogP contribution in [0.3, 0.4) is 0 Å². The van der Waals surface area contributed by atoms with Gasteiger partial charge >= 0.3 is 0 Å². The quantitative estimate of drug-likeness (QED) is 0.374. The molecule has 1 aliphatic heterocycles. The molecule has 2 aromatic rings. The molecule has 0 spiro atoms. The lowest BCUT2D eigenvalue weighted by molar-refractivity contribution is 0.561. The Bertz CT molecular complexity index is 696. The van der Waals surface area contributed by atoms with E-state index in [1.807, 2.05) is 0 Å². The average molecular weight is 377 g/mol. The summed E-state index contributed by atoms with van der Waals surface area (Å²) in [6, 6.07) is 12.3. The second kappa shape index (κ2) is 8.89. The fourth-order valence-electron chi connectivity index (χ4n) is 4.19. The van der Waals surface area contributed by atoms with Crippen molar-refractivity contribution in [3.05, 3.63) is 59.4 Å². The van der Waals surface area contributed by atoms with Crippen molar-refractivity contribution in [2.45, 2.75) is 63.1 Å². The predicted octanol–water partition coefficient (Wildman–Crippen LogP) is 7.07. The summed E-state index contributed by atoms with van der Waals surface area (Å²) in [6.07, 6.45) is 6.08. The van der Waals surface area contributed by atoms with Crippen LogP contribution >= 0.6 is 0 Å². The van der Waals surface area contributed by atoms with E-state index in [0.29, 0.717) is 5.56 Å². The molecule has 0 radical (unpaired) electrons. The second-order valence-electron chi connectivity index (χ2n) is 7.58. The number of hydrogen-bond acceptors (Lipinski definition) is 0. The number of halogens is 3. The van der Waals surface area contributed by atoms with Crippen molar-refractivity contribution >= 4 is 8.80 Å². The lowest BCUT2D eigenvalue weighted by Crippen LogP contribution is -2.20. The Hall–Kier alpha value is -1.55. The van der Waals surface area contributed by atoms with E-state index in [1.54, 1.807) is 0 Å². The number of unbranched alkanes of at least 4 members (excludes halogenated alkanes) is 2. The second-order valence-corrected chi connectivity index (χ2v) is 11.0. The first-order valence-corrected chi connectivity index (χ1v) is 12.3. The molecular formula is C22H27F3Si. The first kappa shape index (κ1) is 19.2. The summed E-state index contributed by atoms with van der Waals surface area (Å²) in [6.45, 7) is 2.23. The zero-order valence-electron chi connectivity index (χ0n) is 15.4. The van der Waals surface area contributed by atoms with Crippen molar-refractivity contribution in [1.29, 1.82) is 0 Å². The molecule has 1 aliphatic rings. The Morgan fingerprint density at radius 2 is 1.54 bits per heavy atom. The first-order chi connectivity index (χ1) is 12.6. The third-order valence-corrected chi connectivity index (χ3v) is 9.26. The van der Waals surface area contributed by atoms with Crippen LogP contribution in [0.2, 0.25) is 18.1 Å². The predicted molar refractivity (Wildman–Crippen MR) is 105 cm³/mol. The van der Waals surface area contributed by atoms with Gasteiger partial charge in [-0.25, -0.2) is 13.2 Å². The molecule has 1 saturated heterocycles. The average Bonchev–Trinajstić information content (AvgIpc) is 2.63. The lowest BCUT2D eigenvalue weighted by Gasteiger charge is -2.28. The van der Waals surface area contributed by atoms with E-state index in [2.05, 4.69) is 6.92 Å². The number of hydrogen-bond donors (Lipinski definition) is 0. The largest absolute Gasteiger partial charge is 0.207 e. The third-order valence-electron chi connectivity index (χ3n) is 5.73. The first-order valence-electron chi connectivity index (χ1n) is 9.83. The SMILES string of the molecule is CCCCC[Si@H]1CC[C@H](c2cc(F)c(-c3ccc(F)cc3)c(F)c2)CC1. The van der Waals surface area contributed by atoms with Gasteiger partial charge in [-0.3, -0.25) is 0 Å². The molecule has 0 atom stereocenters. The van der Waals surface area contributed by atoms with Gasteiger partial charge in [0.05, 0.1) is 5.56 Å². The maximum Gasteiger partial charge on any atom is 0.134 e. The van der Waals surface area contributed by atoms with Crippen molar-refractivity contribution in [3.8, 4) is 11.1 Å². The zero-order valence-corrected chi connectivity index (χ0v) is 16.6. The summed E-state index contributed by atoms with van der Waals surface area (Å²) >= 11 is 0. The van der Waals surface area contributed by atoms with E-state index < -0.39 is 26.2 Å². The van der Waals surface area contributed by atoms with E-state index in [-0.39, 0.29) is 11.5 Å². The van der Waals surface area contributed by atoms with Gasteiger partial charge in [0, 0.05) is 8.80 Å². The Morgan fingerprint density at radius 1 is 0.923 bits per heavy atom. The summed E-state index contributed by atoms with van der Waals surface area (Å²) in [7, 11) is -0.631. The molecule has 140 valence electrons. The molecule has 26 heavy (non-hydrogen) atoms. The van der Waals surface area contributed by atoms with Crippen LogP contribution in [0.5, 0.6) is 0 Å². The van der Waals surface area contributed by atoms with Gasteiger partial charge in [-0.15, -0.1) is 0 Å². The molecule has 0 saturated carbocycles. The molecule has 0 amide bonds. The van der Waals surface area contributed by atoms with Gasteiger partial charge in [0.2, 0.25) is 0 Å². The molecule has 4 heteroatoms. The standard InChI is InChI=1S/C22H27F3Si/c1-2-3-4-11-26-12-9-16(10-13-26)18-14-20(24)22(21(25)15-18)17-5-7-19(23)8-6-17/h5-8,14-16,26H,2-4,9-13H2,1H3/t16-,26-. The number of benzene rings is 2. The van der Waals surface area contributed by atoms with E-state index in [0.717, 1.165) is 18.4 Å². The maximum absolute atomic E-state index is 14.6. The van der Waals surface area contributed by atoms with Gasteiger partial charge in [-0.2, -0.15) is 0 Å². The van der Waals surface area contributed by atoms with E-state index in [9.17, 15) is 13.2 Å². The highest BCUT2D eigenvalue weighted by Gasteiger charge is 2.25. The molecule has 0 nitrogen and oxygen atoms in total. The molecule has 0 unspecified atom stereocenters. The summed E-state index contributed by atoms with van der Waals surface area (Å²) in [5.74, 6) is -1.23. The molecule has 1 heterocycles. The molecule has 3 rings (SSSR count). The van der Waals surface area contributed by atoms with Crippen LogP contribution in [0, 0.1) is 17.5 Å². The van der Waals surface area contributed by atoms with Gasteiger partial charge in [0.1, 0.15) is 17.5 Å². The van der Waals surface area contributed by atoms with Gasteiger partial charge in [0.25, 0.3) is 0 Å². The summed E-state index contributed by atoms with van der Waals surface area (Å²) in [5, 5.41) is 0. The van der Waals surface area contributed by atoms with Gasteiger partial charge in [-0.05, 0) is 54.2 Å². The fourth-order valence-corrected chi connectivity index (χ4v) is 7.67. The van der Waals surface area contributed by atoms with Crippen LogP contribution in [0.1, 0.15) is 50.5 Å². The van der Waals surface area contributed by atoms with Crippen LogP contribution in [-0.2, 0) is 0 Å². The Morgan fingerprint density at radius 3 is 2.12 bits per heavy atom. The normalized spacial score (nSPS) is 20.3. The fraction of sp³-hybridized carbons (Fsp3) is 0.455. The van der Waals surface area contributed by atoms with Crippen LogP contribution < -0.4 is 0 Å². The minimum absolute atomic E-state index is 0.0589. The number of rotatable bonds is 6. The van der Waals surface area contributed by atoms with Crippen molar-refractivity contribution in [2.24, 2.45) is 0 Å². The topological polar surface area (TPSA) is 0 Å². The molecule has 0 N–H and O–H groups in total. The van der Waals surface area contributed by atoms with Crippen molar-refractivity contribution in [2.75, 3.05) is 0 Å². The molecule has 2 aromatic carbocycles. The summed E-state index contributed by atoms with van der Waals surface area (Å²) in [5.41, 5.74) is 1.10. The van der Waals surface area contributed by atoms with Crippen molar-refractivity contribution in [3.63, 3.8) is 0 Å². The van der Waals surface area contributed by atoms with Gasteiger partial charge < -0.3 is 0 Å². The molecular weight excluding hydrogens is 349 g/mol. The minimum atomic E-state index is -0.631. The van der Waals surface area contributed by atoms with Crippen LogP contribution in [-0.4, -0.2) is 8.80 Å². The Labute approximate surface area is 156 Å². The van der Waals surface area contributed by atoms with Crippen molar-refractivity contribution < 1.29 is 13.2 Å². The highest BCUT2D eigenvalue weighted by atomic mass is 28.3. The molecule has 0 bridgehead atoms. The monoisotopic (exact) mass is 376 g/mol. The lowest BCUT2D eigenvalue weighted by atomic mass is 9.91. The van der Waals surface area contributed by atoms with Crippen LogP contribution in [0.4, 0.5) is 13.2 Å². The Kier molecular flexibility index (Phi) is 6.57. The van der Waals surface area contributed by atoms with Crippen molar-refractivity contribution in [1.82, 2.24) is 0 Å². The highest BCUT2D eigenvalue weighted by Crippen LogP contribution is 2.37. The maximum atomic E-state index is 14.6. The Balaban J connectivity index is 1.70. The summed E-state index contributed by atoms with van der Waals surface area (Å²) in [4.78, 5) is 0. The third kappa shape index (κ3) is 4.59. The van der Waals surface area contributed by atoms with E-state index >= 15 is 0 Å². The highest BCUT2D eigenvalue weighted by molar-refractivity contribution is 6.59. The smallest absolute Gasteiger partial charge is 0.134 e.